The summed E-state index contributed by atoms with van der Waals surface area (Å²) in [5.41, 5.74) is 0.336. The number of aryl methyl sites for hydroxylation is 1. The molecule has 2 aliphatic rings. The van der Waals surface area contributed by atoms with E-state index in [-0.39, 0.29) is 0 Å². The van der Waals surface area contributed by atoms with Gasteiger partial charge in [-0.25, -0.2) is 0 Å². The number of aromatic nitrogens is 2. The second kappa shape index (κ2) is 5.82. The molecule has 1 aliphatic carbocycles. The predicted octanol–water partition coefficient (Wildman–Crippen LogP) is 2.26. The van der Waals surface area contributed by atoms with E-state index in [1.165, 1.54) is 38.5 Å². The summed E-state index contributed by atoms with van der Waals surface area (Å²) in [6.45, 7) is 7.15. The maximum absolute atomic E-state index is 5.11. The minimum Gasteiger partial charge on any atom is -0.340 e. The standard InChI is InChI=1S/C15H26N4O/c1-3-13-9-16-15(7-5-4-6-8-15)11-19(13)10-14-17-12(2)20-18-14/h13,16H,3-11H2,1-2H3. The van der Waals surface area contributed by atoms with Gasteiger partial charge in [0, 0.05) is 31.6 Å². The lowest BCUT2D eigenvalue weighted by Gasteiger charge is -2.49. The average molecular weight is 278 g/mol. The van der Waals surface area contributed by atoms with Crippen molar-refractivity contribution < 1.29 is 4.52 Å². The Labute approximate surface area is 121 Å². The largest absolute Gasteiger partial charge is 0.340 e. The lowest BCUT2D eigenvalue weighted by molar-refractivity contribution is 0.0461. The van der Waals surface area contributed by atoms with Crippen molar-refractivity contribution in [3.05, 3.63) is 11.7 Å². The number of nitrogens with one attached hydrogen (secondary N) is 1. The molecule has 2 heterocycles. The highest BCUT2D eigenvalue weighted by atomic mass is 16.5. The zero-order chi connectivity index (χ0) is 14.0. The van der Waals surface area contributed by atoms with Crippen molar-refractivity contribution >= 4 is 0 Å². The molecule has 1 spiro atoms. The fourth-order valence-corrected chi connectivity index (χ4v) is 3.78. The molecule has 0 aromatic carbocycles. The van der Waals surface area contributed by atoms with Crippen molar-refractivity contribution in [2.75, 3.05) is 13.1 Å². The van der Waals surface area contributed by atoms with Gasteiger partial charge in [-0.3, -0.25) is 4.90 Å². The zero-order valence-electron chi connectivity index (χ0n) is 12.7. The summed E-state index contributed by atoms with van der Waals surface area (Å²) in [6, 6.07) is 0.585. The lowest BCUT2D eigenvalue weighted by Crippen LogP contribution is -2.64. The van der Waals surface area contributed by atoms with Gasteiger partial charge in [-0.15, -0.1) is 0 Å². The maximum Gasteiger partial charge on any atom is 0.223 e. The van der Waals surface area contributed by atoms with Gasteiger partial charge in [-0.1, -0.05) is 31.3 Å². The van der Waals surface area contributed by atoms with Gasteiger partial charge in [0.05, 0.1) is 6.54 Å². The molecule has 1 aliphatic heterocycles. The van der Waals surface area contributed by atoms with Crippen LogP contribution in [0.25, 0.3) is 0 Å². The maximum atomic E-state index is 5.11. The summed E-state index contributed by atoms with van der Waals surface area (Å²) in [6.07, 6.45) is 7.90. The summed E-state index contributed by atoms with van der Waals surface area (Å²) < 4.78 is 5.11. The van der Waals surface area contributed by atoms with Gasteiger partial charge in [-0.2, -0.15) is 4.98 Å². The van der Waals surface area contributed by atoms with Crippen molar-refractivity contribution in [1.29, 1.82) is 0 Å². The van der Waals surface area contributed by atoms with Crippen molar-refractivity contribution in [2.45, 2.75) is 70.5 Å². The number of hydrogen-bond acceptors (Lipinski definition) is 5. The zero-order valence-corrected chi connectivity index (χ0v) is 12.7. The Kier molecular flexibility index (Phi) is 4.08. The van der Waals surface area contributed by atoms with E-state index in [0.717, 1.165) is 25.5 Å². The second-order valence-electron chi connectivity index (χ2n) is 6.42. The van der Waals surface area contributed by atoms with Crippen LogP contribution in [0.15, 0.2) is 4.52 Å². The van der Waals surface area contributed by atoms with E-state index in [1.54, 1.807) is 0 Å². The van der Waals surface area contributed by atoms with E-state index < -0.39 is 0 Å². The second-order valence-corrected chi connectivity index (χ2v) is 6.42. The molecule has 20 heavy (non-hydrogen) atoms. The highest BCUT2D eigenvalue weighted by molar-refractivity contribution is 5.00. The third-order valence-electron chi connectivity index (χ3n) is 4.93. The normalized spacial score (nSPS) is 27.0. The first kappa shape index (κ1) is 14.0. The SMILES string of the molecule is CCC1CNC2(CCCCC2)CN1Cc1noc(C)n1. The van der Waals surface area contributed by atoms with Crippen molar-refractivity contribution in [1.82, 2.24) is 20.4 Å². The Bertz CT molecular complexity index is 439. The van der Waals surface area contributed by atoms with Gasteiger partial charge in [0.15, 0.2) is 5.82 Å². The predicted molar refractivity (Wildman–Crippen MR) is 77.3 cm³/mol. The molecule has 2 fully saturated rings. The van der Waals surface area contributed by atoms with Gasteiger partial charge in [-0.05, 0) is 19.3 Å². The van der Waals surface area contributed by atoms with E-state index in [0.29, 0.717) is 17.5 Å². The molecule has 3 rings (SSSR count). The van der Waals surface area contributed by atoms with E-state index in [2.05, 4.69) is 27.3 Å². The van der Waals surface area contributed by atoms with Gasteiger partial charge >= 0.3 is 0 Å². The highest BCUT2D eigenvalue weighted by Gasteiger charge is 2.39. The molecule has 1 atom stereocenters. The molecule has 0 bridgehead atoms. The Morgan fingerprint density at radius 2 is 2.15 bits per heavy atom. The Morgan fingerprint density at radius 1 is 1.35 bits per heavy atom. The third kappa shape index (κ3) is 2.88. The number of nitrogens with zero attached hydrogens (tertiary/aromatic N) is 3. The van der Waals surface area contributed by atoms with E-state index in [1.807, 2.05) is 6.92 Å². The van der Waals surface area contributed by atoms with Gasteiger partial charge < -0.3 is 9.84 Å². The molecule has 1 aromatic rings. The minimum atomic E-state index is 0.336. The van der Waals surface area contributed by atoms with Crippen LogP contribution in [-0.4, -0.2) is 39.7 Å². The van der Waals surface area contributed by atoms with Crippen LogP contribution in [0.3, 0.4) is 0 Å². The van der Waals surface area contributed by atoms with Gasteiger partial charge in [0.1, 0.15) is 0 Å². The van der Waals surface area contributed by atoms with Crippen LogP contribution in [0.4, 0.5) is 0 Å². The van der Waals surface area contributed by atoms with E-state index in [4.69, 9.17) is 4.52 Å². The lowest BCUT2D eigenvalue weighted by atomic mass is 9.79. The van der Waals surface area contributed by atoms with E-state index >= 15 is 0 Å². The number of rotatable bonds is 3. The summed E-state index contributed by atoms with van der Waals surface area (Å²) in [7, 11) is 0. The fraction of sp³-hybridized carbons (Fsp3) is 0.867. The molecule has 1 saturated carbocycles. The first-order valence-corrected chi connectivity index (χ1v) is 7.99. The monoisotopic (exact) mass is 278 g/mol. The van der Waals surface area contributed by atoms with Crippen LogP contribution in [0.1, 0.15) is 57.2 Å². The molecular weight excluding hydrogens is 252 g/mol. The minimum absolute atomic E-state index is 0.336. The van der Waals surface area contributed by atoms with Crippen LogP contribution >= 0.6 is 0 Å². The fourth-order valence-electron chi connectivity index (χ4n) is 3.78. The summed E-state index contributed by atoms with van der Waals surface area (Å²) in [5.74, 6) is 1.49. The molecule has 1 saturated heterocycles. The quantitative estimate of drug-likeness (QED) is 0.919. The van der Waals surface area contributed by atoms with Gasteiger partial charge in [0.2, 0.25) is 5.89 Å². The van der Waals surface area contributed by atoms with Gasteiger partial charge in [0.25, 0.3) is 0 Å². The molecule has 5 nitrogen and oxygen atoms in total. The molecule has 112 valence electrons. The molecule has 0 radical (unpaired) electrons. The first-order valence-electron chi connectivity index (χ1n) is 7.99. The third-order valence-corrected chi connectivity index (χ3v) is 4.93. The topological polar surface area (TPSA) is 54.2 Å². The van der Waals surface area contributed by atoms with Crippen molar-refractivity contribution in [3.8, 4) is 0 Å². The summed E-state index contributed by atoms with van der Waals surface area (Å²) in [5, 5.41) is 7.91. The van der Waals surface area contributed by atoms with Crippen LogP contribution in [0.2, 0.25) is 0 Å². The average Bonchev–Trinajstić information content (AvgIpc) is 2.85. The molecular formula is C15H26N4O. The molecule has 1 unspecified atom stereocenters. The van der Waals surface area contributed by atoms with Crippen molar-refractivity contribution in [2.24, 2.45) is 0 Å². The first-order chi connectivity index (χ1) is 9.71. The Hall–Kier alpha value is -0.940. The molecule has 0 amide bonds. The van der Waals surface area contributed by atoms with Crippen molar-refractivity contribution in [3.63, 3.8) is 0 Å². The number of piperazine rings is 1. The summed E-state index contributed by atoms with van der Waals surface area (Å²) in [4.78, 5) is 6.93. The highest BCUT2D eigenvalue weighted by Crippen LogP contribution is 2.32. The van der Waals surface area contributed by atoms with Crippen LogP contribution in [-0.2, 0) is 6.54 Å². The molecule has 5 heteroatoms. The number of hydrogen-bond donors (Lipinski definition) is 1. The van der Waals surface area contributed by atoms with E-state index in [9.17, 15) is 0 Å². The smallest absolute Gasteiger partial charge is 0.223 e. The van der Waals surface area contributed by atoms with Crippen LogP contribution in [0.5, 0.6) is 0 Å². The summed E-state index contributed by atoms with van der Waals surface area (Å²) >= 11 is 0. The molecule has 1 aromatic heterocycles. The molecule has 1 N–H and O–H groups in total. The van der Waals surface area contributed by atoms with Crippen LogP contribution in [0, 0.1) is 6.92 Å². The Morgan fingerprint density at radius 3 is 2.80 bits per heavy atom. The van der Waals surface area contributed by atoms with Crippen LogP contribution < -0.4 is 5.32 Å². The Balaban J connectivity index is 1.71.